The summed E-state index contributed by atoms with van der Waals surface area (Å²) in [5.74, 6) is -0.796. The van der Waals surface area contributed by atoms with Crippen LogP contribution in [0.3, 0.4) is 0 Å². The summed E-state index contributed by atoms with van der Waals surface area (Å²) >= 11 is 3.28. The maximum absolute atomic E-state index is 12.0. The van der Waals surface area contributed by atoms with Crippen molar-refractivity contribution in [3.63, 3.8) is 0 Å². The largest absolute Gasteiger partial charge is 1.00 e. The number of aryl methyl sites for hydroxylation is 1. The van der Waals surface area contributed by atoms with Crippen molar-refractivity contribution in [2.45, 2.75) is 6.92 Å². The Morgan fingerprint density at radius 1 is 1.26 bits per heavy atom. The van der Waals surface area contributed by atoms with Gasteiger partial charge in [-0.25, -0.2) is 8.42 Å². The van der Waals surface area contributed by atoms with Crippen LogP contribution in [0.5, 0.6) is 0 Å². The maximum Gasteiger partial charge on any atom is 1.00 e. The average Bonchev–Trinajstić information content (AvgIpc) is 2.45. The van der Waals surface area contributed by atoms with Crippen molar-refractivity contribution in [1.82, 2.24) is 4.98 Å². The summed E-state index contributed by atoms with van der Waals surface area (Å²) in [4.78, 5) is 16.0. The minimum Gasteiger partial charge on any atom is -0.538 e. The molecule has 0 aliphatic heterocycles. The van der Waals surface area contributed by atoms with Crippen LogP contribution in [0.1, 0.15) is 21.6 Å². The Hall–Kier alpha value is -0.990. The number of pyridine rings is 1. The van der Waals surface area contributed by atoms with Gasteiger partial charge >= 0.3 is 29.6 Å². The molecular formula is C15H12BrN2NaO3S. The van der Waals surface area contributed by atoms with E-state index in [1.807, 2.05) is 0 Å². The van der Waals surface area contributed by atoms with Gasteiger partial charge in [-0.1, -0.05) is 28.1 Å². The molecule has 0 spiro atoms. The molecule has 5 nitrogen and oxygen atoms in total. The van der Waals surface area contributed by atoms with Gasteiger partial charge in [0.05, 0.1) is 11.6 Å². The zero-order chi connectivity index (χ0) is 16.2. The summed E-state index contributed by atoms with van der Waals surface area (Å²) in [6.45, 7) is 1.71. The second-order valence-corrected chi connectivity index (χ2v) is 6.83. The number of benzene rings is 1. The molecule has 0 saturated heterocycles. The van der Waals surface area contributed by atoms with Crippen molar-refractivity contribution in [2.75, 3.05) is 0 Å². The number of aromatic nitrogens is 1. The molecule has 8 heteroatoms. The molecule has 0 radical (unpaired) electrons. The van der Waals surface area contributed by atoms with Crippen molar-refractivity contribution in [2.24, 2.45) is 0 Å². The number of amides is 1. The molecule has 1 aromatic heterocycles. The molecule has 0 fully saturated rings. The van der Waals surface area contributed by atoms with E-state index in [1.54, 1.807) is 43.5 Å². The molecular weight excluding hydrogens is 391 g/mol. The van der Waals surface area contributed by atoms with Crippen LogP contribution in [0.4, 0.5) is 0 Å². The molecule has 0 aliphatic carbocycles. The second kappa shape index (κ2) is 8.75. The third-order valence-corrected chi connectivity index (χ3v) is 4.12. The fourth-order valence-electron chi connectivity index (χ4n) is 1.69. The third-order valence-electron chi connectivity index (χ3n) is 2.73. The number of sulfonamides is 1. The Morgan fingerprint density at radius 3 is 2.61 bits per heavy atom. The second-order valence-electron chi connectivity index (χ2n) is 4.43. The van der Waals surface area contributed by atoms with Gasteiger partial charge < -0.3 is 9.52 Å². The average molecular weight is 403 g/mol. The van der Waals surface area contributed by atoms with E-state index in [0.717, 1.165) is 9.88 Å². The van der Waals surface area contributed by atoms with Gasteiger partial charge in [0.25, 0.3) is 0 Å². The minimum absolute atomic E-state index is 0. The zero-order valence-corrected chi connectivity index (χ0v) is 17.0. The number of carbonyl (C=O) groups excluding carboxylic acids is 1. The van der Waals surface area contributed by atoms with Gasteiger partial charge in [0.15, 0.2) is 0 Å². The Kier molecular flexibility index (Phi) is 7.63. The van der Waals surface area contributed by atoms with Crippen LogP contribution in [-0.2, 0) is 10.0 Å². The summed E-state index contributed by atoms with van der Waals surface area (Å²) in [6.07, 6.45) is 2.83. The van der Waals surface area contributed by atoms with Gasteiger partial charge in [0.1, 0.15) is 10.0 Å². The van der Waals surface area contributed by atoms with Crippen molar-refractivity contribution < 1.29 is 42.8 Å². The van der Waals surface area contributed by atoms with Gasteiger partial charge in [0.2, 0.25) is 0 Å². The van der Waals surface area contributed by atoms with E-state index < -0.39 is 15.9 Å². The first-order valence-electron chi connectivity index (χ1n) is 6.25. The van der Waals surface area contributed by atoms with Crippen molar-refractivity contribution >= 4 is 37.9 Å². The van der Waals surface area contributed by atoms with E-state index >= 15 is 0 Å². The molecule has 2 rings (SSSR count). The van der Waals surface area contributed by atoms with E-state index in [0.29, 0.717) is 11.3 Å². The predicted octanol–water partition coefficient (Wildman–Crippen LogP) is 0.671. The van der Waals surface area contributed by atoms with Crippen LogP contribution >= 0.6 is 15.9 Å². The molecule has 0 atom stereocenters. The topological polar surface area (TPSA) is 78.2 Å². The molecule has 0 unspecified atom stereocenters. The standard InChI is InChI=1S/C15H13BrN2O3S.Na/c1-11-10-12(16)5-6-14(11)15(19)18-22(20,21)9-7-13-4-2-3-8-17-13;/h2-10H,1H3,(H,18,19);/q;+1/p-1/b9-7+;. The van der Waals surface area contributed by atoms with E-state index in [9.17, 15) is 13.2 Å². The molecule has 0 saturated carbocycles. The van der Waals surface area contributed by atoms with Gasteiger partial charge in [0, 0.05) is 21.6 Å². The van der Waals surface area contributed by atoms with Gasteiger partial charge in [-0.2, -0.15) is 0 Å². The summed E-state index contributed by atoms with van der Waals surface area (Å²) in [7, 11) is -4.01. The normalized spacial score (nSPS) is 11.0. The van der Waals surface area contributed by atoms with E-state index in [4.69, 9.17) is 0 Å². The molecule has 0 N–H and O–H groups in total. The van der Waals surface area contributed by atoms with E-state index in [-0.39, 0.29) is 35.1 Å². The quantitative estimate of drug-likeness (QED) is 0.704. The monoisotopic (exact) mass is 402 g/mol. The first kappa shape index (κ1) is 20.1. The van der Waals surface area contributed by atoms with Crippen LogP contribution < -0.4 is 29.6 Å². The summed E-state index contributed by atoms with van der Waals surface area (Å²) in [5.41, 5.74) is 1.36. The van der Waals surface area contributed by atoms with E-state index in [2.05, 4.69) is 25.6 Å². The summed E-state index contributed by atoms with van der Waals surface area (Å²) in [6, 6.07) is 10.0. The molecule has 1 heterocycles. The molecule has 23 heavy (non-hydrogen) atoms. The maximum atomic E-state index is 12.0. The number of hydrogen-bond acceptors (Lipinski definition) is 4. The van der Waals surface area contributed by atoms with Crippen LogP contribution in [0.25, 0.3) is 10.8 Å². The van der Waals surface area contributed by atoms with Gasteiger partial charge in [-0.05, 0) is 42.8 Å². The molecule has 0 bridgehead atoms. The van der Waals surface area contributed by atoms with Crippen molar-refractivity contribution in [1.29, 1.82) is 0 Å². The van der Waals surface area contributed by atoms with Crippen LogP contribution in [-0.4, -0.2) is 19.3 Å². The molecule has 0 aliphatic rings. The number of hydrogen-bond donors (Lipinski definition) is 0. The van der Waals surface area contributed by atoms with Crippen LogP contribution in [0.2, 0.25) is 0 Å². The number of carbonyl (C=O) groups is 1. The van der Waals surface area contributed by atoms with Gasteiger partial charge in [-0.15, -0.1) is 0 Å². The molecule has 1 aromatic carbocycles. The molecule has 114 valence electrons. The van der Waals surface area contributed by atoms with Crippen LogP contribution in [0, 0.1) is 6.92 Å². The summed E-state index contributed by atoms with van der Waals surface area (Å²) in [5, 5.41) is 0.863. The van der Waals surface area contributed by atoms with Crippen molar-refractivity contribution in [3.8, 4) is 0 Å². The first-order valence-corrected chi connectivity index (χ1v) is 8.55. The number of halogens is 1. The zero-order valence-electron chi connectivity index (χ0n) is 12.6. The summed E-state index contributed by atoms with van der Waals surface area (Å²) < 4.78 is 27.8. The van der Waals surface area contributed by atoms with Crippen molar-refractivity contribution in [3.05, 3.63) is 74.0 Å². The fourth-order valence-corrected chi connectivity index (χ4v) is 2.87. The first-order chi connectivity index (χ1) is 10.4. The Morgan fingerprint density at radius 2 is 2.00 bits per heavy atom. The molecule has 2 aromatic rings. The Balaban J connectivity index is 0.00000264. The third kappa shape index (κ3) is 6.19. The van der Waals surface area contributed by atoms with E-state index in [1.165, 1.54) is 12.1 Å². The predicted molar refractivity (Wildman–Crippen MR) is 88.8 cm³/mol. The number of nitrogens with zero attached hydrogens (tertiary/aromatic N) is 2. The number of rotatable bonds is 4. The molecule has 1 amide bonds. The minimum atomic E-state index is -4.01. The SMILES string of the molecule is Cc1cc(Br)ccc1C(=O)[N-]S(=O)(=O)/C=C/c1ccccn1.[Na+]. The smallest absolute Gasteiger partial charge is 0.538 e. The van der Waals surface area contributed by atoms with Crippen LogP contribution in [0.15, 0.2) is 52.5 Å². The van der Waals surface area contributed by atoms with Gasteiger partial charge in [-0.3, -0.25) is 4.98 Å². The fraction of sp³-hybridized carbons (Fsp3) is 0.0667. The Bertz CT molecular complexity index is 824. The Labute approximate surface area is 165 Å².